The lowest BCUT2D eigenvalue weighted by atomic mass is 10.2. The summed E-state index contributed by atoms with van der Waals surface area (Å²) >= 11 is 0. The van der Waals surface area contributed by atoms with Gasteiger partial charge in [-0.25, -0.2) is 17.8 Å². The summed E-state index contributed by atoms with van der Waals surface area (Å²) in [6, 6.07) is 10.3. The number of methoxy groups -OCH3 is 2. The summed E-state index contributed by atoms with van der Waals surface area (Å²) in [4.78, 5) is 14.4. The van der Waals surface area contributed by atoms with Crippen LogP contribution in [0.5, 0.6) is 11.5 Å². The Hall–Kier alpha value is -4.03. The molecule has 170 valence electrons. The summed E-state index contributed by atoms with van der Waals surface area (Å²) in [6.45, 7) is -0.108. The summed E-state index contributed by atoms with van der Waals surface area (Å²) in [5.41, 5.74) is 0.908. The predicted octanol–water partition coefficient (Wildman–Crippen LogP) is 2.82. The van der Waals surface area contributed by atoms with Crippen molar-refractivity contribution in [2.45, 2.75) is 11.4 Å². The van der Waals surface area contributed by atoms with Crippen LogP contribution in [0.2, 0.25) is 0 Å². The third-order valence-electron chi connectivity index (χ3n) is 4.95. The van der Waals surface area contributed by atoms with Gasteiger partial charge in [-0.05, 0) is 18.2 Å². The fourth-order valence-electron chi connectivity index (χ4n) is 3.26. The van der Waals surface area contributed by atoms with Gasteiger partial charge in [0.1, 0.15) is 21.9 Å². The van der Waals surface area contributed by atoms with Gasteiger partial charge in [0, 0.05) is 48.1 Å². The third kappa shape index (κ3) is 4.47. The van der Waals surface area contributed by atoms with E-state index in [1.807, 2.05) is 0 Å². The van der Waals surface area contributed by atoms with E-state index >= 15 is 0 Å². The highest BCUT2D eigenvalue weighted by atomic mass is 32.2. The van der Waals surface area contributed by atoms with Crippen molar-refractivity contribution in [1.29, 1.82) is 0 Å². The second-order valence-corrected chi connectivity index (χ2v) is 8.66. The summed E-state index contributed by atoms with van der Waals surface area (Å²) in [6.07, 6.45) is 4.76. The van der Waals surface area contributed by atoms with Crippen molar-refractivity contribution in [2.75, 3.05) is 14.2 Å². The molecule has 33 heavy (non-hydrogen) atoms. The maximum Gasteiger partial charge on any atom is 0.270 e. The molecule has 0 bridgehead atoms. The molecule has 2 aromatic heterocycles. The van der Waals surface area contributed by atoms with Crippen molar-refractivity contribution >= 4 is 26.6 Å². The summed E-state index contributed by atoms with van der Waals surface area (Å²) in [7, 11) is -1.22. The number of nitrogens with one attached hydrogen (secondary N) is 1. The summed E-state index contributed by atoms with van der Waals surface area (Å²) in [5.74, 6) is 0.988. The lowest BCUT2D eigenvalue weighted by molar-refractivity contribution is -0.385. The van der Waals surface area contributed by atoms with Gasteiger partial charge in [0.05, 0.1) is 31.0 Å². The fraction of sp³-hybridized carbons (Fsp3) is 0.143. The van der Waals surface area contributed by atoms with Gasteiger partial charge in [-0.15, -0.1) is 0 Å². The number of hydrogen-bond donors (Lipinski definition) is 1. The van der Waals surface area contributed by atoms with Crippen LogP contribution < -0.4 is 14.2 Å². The molecule has 0 unspecified atom stereocenters. The van der Waals surface area contributed by atoms with Crippen LogP contribution in [0.1, 0.15) is 5.56 Å². The van der Waals surface area contributed by atoms with Crippen LogP contribution in [-0.4, -0.2) is 42.3 Å². The van der Waals surface area contributed by atoms with Crippen LogP contribution in [0.3, 0.4) is 0 Å². The first-order valence-corrected chi connectivity index (χ1v) is 11.1. The zero-order valence-corrected chi connectivity index (χ0v) is 18.4. The van der Waals surface area contributed by atoms with Crippen LogP contribution in [0, 0.1) is 10.1 Å². The van der Waals surface area contributed by atoms with Crippen molar-refractivity contribution in [3.63, 3.8) is 0 Å². The summed E-state index contributed by atoms with van der Waals surface area (Å²) < 4.78 is 40.8. The molecular weight excluding hydrogens is 450 g/mol. The third-order valence-corrected chi connectivity index (χ3v) is 6.38. The van der Waals surface area contributed by atoms with Crippen LogP contribution in [0.4, 0.5) is 5.69 Å². The Morgan fingerprint density at radius 2 is 1.94 bits per heavy atom. The van der Waals surface area contributed by atoms with Gasteiger partial charge in [-0.3, -0.25) is 15.1 Å². The Balaban J connectivity index is 1.74. The molecule has 0 spiro atoms. The molecule has 0 saturated heterocycles. The first kappa shape index (κ1) is 22.2. The Kier molecular flexibility index (Phi) is 5.94. The average molecular weight is 469 g/mol. The number of pyridine rings is 1. The number of hydrogen-bond acceptors (Lipinski definition) is 8. The Morgan fingerprint density at radius 1 is 1.12 bits per heavy atom. The zero-order valence-electron chi connectivity index (χ0n) is 17.6. The SMILES string of the molecule is COc1ccc(CNS(=O)(=O)c2cc([N+](=O)[O-])ccc2-n2cc3ccncc3n2)c(OC)c1. The van der Waals surface area contributed by atoms with Gasteiger partial charge in [0.25, 0.3) is 5.69 Å². The Bertz CT molecular complexity index is 1420. The Morgan fingerprint density at radius 3 is 2.64 bits per heavy atom. The number of aromatic nitrogens is 3. The van der Waals surface area contributed by atoms with Gasteiger partial charge in [-0.2, -0.15) is 5.10 Å². The van der Waals surface area contributed by atoms with E-state index in [9.17, 15) is 18.5 Å². The summed E-state index contributed by atoms with van der Waals surface area (Å²) in [5, 5.41) is 16.4. The number of non-ortho nitro benzene ring substituents is 1. The minimum atomic E-state index is -4.19. The number of sulfonamides is 1. The lowest BCUT2D eigenvalue weighted by Crippen LogP contribution is -2.25. The van der Waals surface area contributed by atoms with Crippen LogP contribution in [-0.2, 0) is 16.6 Å². The highest BCUT2D eigenvalue weighted by molar-refractivity contribution is 7.89. The molecule has 0 atom stereocenters. The molecule has 2 heterocycles. The van der Waals surface area contributed by atoms with Gasteiger partial charge in [-0.1, -0.05) is 6.07 Å². The van der Waals surface area contributed by atoms with Crippen LogP contribution >= 0.6 is 0 Å². The van der Waals surface area contributed by atoms with Crippen molar-refractivity contribution in [2.24, 2.45) is 0 Å². The molecular formula is C21H19N5O6S. The van der Waals surface area contributed by atoms with Crippen LogP contribution in [0.15, 0.2) is 66.0 Å². The maximum absolute atomic E-state index is 13.3. The number of fused-ring (bicyclic) bond motifs is 1. The van der Waals surface area contributed by atoms with E-state index in [0.29, 0.717) is 22.6 Å². The zero-order chi connectivity index (χ0) is 23.6. The standard InChI is InChI=1S/C21H19N5O6S/c1-31-17-5-3-14(20(10-17)32-2)11-23-33(29,30)21-9-16(26(27)28)4-6-19(21)25-13-15-7-8-22-12-18(15)24-25/h3-10,12-13,23H,11H2,1-2H3. The van der Waals surface area contributed by atoms with E-state index in [0.717, 1.165) is 11.5 Å². The number of nitro benzene ring substituents is 1. The molecule has 2 aromatic carbocycles. The molecule has 0 amide bonds. The molecule has 1 N–H and O–H groups in total. The number of nitrogens with zero attached hydrogens (tertiary/aromatic N) is 4. The van der Waals surface area contributed by atoms with Gasteiger partial charge < -0.3 is 9.47 Å². The topological polar surface area (TPSA) is 138 Å². The average Bonchev–Trinajstić information content (AvgIpc) is 3.26. The molecule has 4 aromatic rings. The van der Waals surface area contributed by atoms with Crippen molar-refractivity contribution in [3.8, 4) is 17.2 Å². The Labute approximate surface area is 188 Å². The smallest absolute Gasteiger partial charge is 0.270 e. The van der Waals surface area contributed by atoms with Crippen molar-refractivity contribution in [3.05, 3.63) is 76.7 Å². The van der Waals surface area contributed by atoms with E-state index in [2.05, 4.69) is 14.8 Å². The normalized spacial score (nSPS) is 11.5. The number of ether oxygens (including phenoxy) is 2. The minimum absolute atomic E-state index is 0.108. The first-order valence-electron chi connectivity index (χ1n) is 9.61. The molecule has 0 aliphatic heterocycles. The second-order valence-electron chi connectivity index (χ2n) is 6.92. The highest BCUT2D eigenvalue weighted by Crippen LogP contribution is 2.28. The van der Waals surface area contributed by atoms with Crippen molar-refractivity contribution in [1.82, 2.24) is 19.5 Å². The monoisotopic (exact) mass is 469 g/mol. The second kappa shape index (κ2) is 8.84. The number of benzene rings is 2. The highest BCUT2D eigenvalue weighted by Gasteiger charge is 2.24. The van der Waals surface area contributed by atoms with E-state index in [1.165, 1.54) is 31.0 Å². The van der Waals surface area contributed by atoms with Gasteiger partial charge in [0.2, 0.25) is 10.0 Å². The molecule has 11 nitrogen and oxygen atoms in total. The molecule has 0 aliphatic carbocycles. The fourth-order valence-corrected chi connectivity index (χ4v) is 4.47. The van der Waals surface area contributed by atoms with E-state index in [1.54, 1.807) is 42.9 Å². The van der Waals surface area contributed by atoms with E-state index in [4.69, 9.17) is 9.47 Å². The van der Waals surface area contributed by atoms with Gasteiger partial charge in [0.15, 0.2) is 0 Å². The predicted molar refractivity (Wildman–Crippen MR) is 119 cm³/mol. The van der Waals surface area contributed by atoms with E-state index in [-0.39, 0.29) is 22.8 Å². The number of rotatable bonds is 8. The number of nitro groups is 1. The molecule has 0 fully saturated rings. The molecule has 12 heteroatoms. The lowest BCUT2D eigenvalue weighted by Gasteiger charge is -2.14. The minimum Gasteiger partial charge on any atom is -0.497 e. The molecule has 4 rings (SSSR count). The van der Waals surface area contributed by atoms with E-state index < -0.39 is 14.9 Å². The van der Waals surface area contributed by atoms with Crippen LogP contribution in [0.25, 0.3) is 16.6 Å². The molecule has 0 saturated carbocycles. The largest absolute Gasteiger partial charge is 0.497 e. The quantitative estimate of drug-likeness (QED) is 0.307. The van der Waals surface area contributed by atoms with Crippen molar-refractivity contribution < 1.29 is 22.8 Å². The maximum atomic E-state index is 13.3. The molecule has 0 radical (unpaired) electrons. The first-order chi connectivity index (χ1) is 15.8. The van der Waals surface area contributed by atoms with Gasteiger partial charge >= 0.3 is 0 Å². The molecule has 0 aliphatic rings.